The van der Waals surface area contributed by atoms with Gasteiger partial charge in [-0.25, -0.2) is 0 Å². The van der Waals surface area contributed by atoms with Crippen LogP contribution in [0.15, 0.2) is 72.8 Å². The molecule has 0 radical (unpaired) electrons. The fourth-order valence-electron chi connectivity index (χ4n) is 11.7. The molecule has 0 saturated heterocycles. The van der Waals surface area contributed by atoms with Gasteiger partial charge < -0.3 is 33.9 Å². The third-order valence-corrected chi connectivity index (χ3v) is 17.0. The summed E-state index contributed by atoms with van der Waals surface area (Å²) in [7, 11) is 7.17. The Hall–Kier alpha value is -6.45. The second-order valence-corrected chi connectivity index (χ2v) is 30.3. The topological polar surface area (TPSA) is 107 Å². The zero-order valence-electron chi connectivity index (χ0n) is 56.3. The lowest BCUT2D eigenvalue weighted by Crippen LogP contribution is -2.31. The van der Waals surface area contributed by atoms with Gasteiger partial charge in [0.1, 0.15) is 41.1 Å². The molecule has 0 fully saturated rings. The summed E-state index contributed by atoms with van der Waals surface area (Å²) < 4.78 is 32.3. The molecule has 1 aliphatic carbocycles. The van der Waals surface area contributed by atoms with Gasteiger partial charge in [0.25, 0.3) is 0 Å². The second-order valence-electron chi connectivity index (χ2n) is 30.3. The van der Waals surface area contributed by atoms with Crippen LogP contribution in [0.1, 0.15) is 232 Å². The molecule has 460 valence electrons. The second kappa shape index (κ2) is 25.1. The summed E-state index contributed by atoms with van der Waals surface area (Å²) in [5.41, 5.74) is 16.5. The molecule has 9 heteroatoms. The van der Waals surface area contributed by atoms with E-state index in [1.807, 2.05) is 18.9 Å². The maximum Gasteiger partial charge on any atom is 0.320 e. The summed E-state index contributed by atoms with van der Waals surface area (Å²) >= 11 is 0. The van der Waals surface area contributed by atoms with Gasteiger partial charge >= 0.3 is 5.97 Å². The molecule has 0 amide bonds. The number of nitrogens with zero attached hydrogens (tertiary/aromatic N) is 1. The fourth-order valence-corrected chi connectivity index (χ4v) is 11.7. The van der Waals surface area contributed by atoms with Crippen molar-refractivity contribution in [3.05, 3.63) is 173 Å². The Morgan fingerprint density at radius 2 is 0.600 bits per heavy atom. The van der Waals surface area contributed by atoms with Gasteiger partial charge in [0, 0.05) is 45.1 Å². The summed E-state index contributed by atoms with van der Waals surface area (Å²) in [6, 6.07) is 27.0. The number of likely N-dealkylation sites (N-methyl/N-ethyl adjacent to an activating group) is 1. The first-order valence-corrected chi connectivity index (χ1v) is 30.8. The number of phenols is 2. The van der Waals surface area contributed by atoms with Crippen molar-refractivity contribution < 1.29 is 38.7 Å². The predicted octanol–water partition coefficient (Wildman–Crippen LogP) is 16.6. The summed E-state index contributed by atoms with van der Waals surface area (Å²) in [6.45, 7) is 43.4. The van der Waals surface area contributed by atoms with Crippen molar-refractivity contribution in [2.45, 2.75) is 203 Å². The molecule has 85 heavy (non-hydrogen) atoms. The Morgan fingerprint density at radius 3 is 0.812 bits per heavy atom. The van der Waals surface area contributed by atoms with E-state index >= 15 is 0 Å². The lowest BCUT2D eigenvalue weighted by molar-refractivity contribution is -0.144. The van der Waals surface area contributed by atoms with Gasteiger partial charge in [-0.15, -0.1) is 0 Å². The maximum absolute atomic E-state index is 12.9. The van der Waals surface area contributed by atoms with Gasteiger partial charge in [0.2, 0.25) is 0 Å². The molecule has 6 aromatic rings. The molecule has 9 nitrogen and oxygen atoms in total. The van der Waals surface area contributed by atoms with Crippen molar-refractivity contribution in [1.82, 2.24) is 4.90 Å². The van der Waals surface area contributed by atoms with Gasteiger partial charge in [-0.05, 0) is 147 Å². The third kappa shape index (κ3) is 15.6. The van der Waals surface area contributed by atoms with Crippen LogP contribution in [0.25, 0.3) is 0 Å². The molecule has 0 saturated carbocycles. The molecule has 0 atom stereocenters. The number of hydrogen-bond donors (Lipinski definition) is 2. The van der Waals surface area contributed by atoms with Crippen LogP contribution in [0.3, 0.4) is 0 Å². The molecule has 0 aromatic heterocycles. The highest BCUT2D eigenvalue weighted by Gasteiger charge is 2.31. The van der Waals surface area contributed by atoms with Crippen molar-refractivity contribution in [3.8, 4) is 34.5 Å². The number of aromatic hydroxyl groups is 2. The van der Waals surface area contributed by atoms with Crippen molar-refractivity contribution in [3.63, 3.8) is 0 Å². The summed E-state index contributed by atoms with van der Waals surface area (Å²) in [4.78, 5) is 14.7. The normalized spacial score (nSPS) is 13.7. The van der Waals surface area contributed by atoms with Crippen LogP contribution in [0.4, 0.5) is 0 Å². The molecular formula is C76H103NO8. The Kier molecular flexibility index (Phi) is 19.5. The standard InChI is InChI=1S/C76H103NO8/c1-24-84-64(78)45-77(20)25-26-85-70-56-31-54-41-61(74(11,12)13)39-52(68(54)82-22)29-48-35-58(71(2,3)4)33-46(65(48)79)27-50-37-60(73(8,9)10)38-51(67(50)81-21)28-47-34-59(72(5,6)7)36-49(66(47)80)30-53-40-62(75(14,15)16)42-55(69(53)83-23)32-57(70)44-63(43-56)76(17,18)19/h33-44,79-80H,24-32,45H2,1-23H3. The molecule has 0 heterocycles. The van der Waals surface area contributed by atoms with E-state index in [2.05, 4.69) is 197 Å². The summed E-state index contributed by atoms with van der Waals surface area (Å²) in [6.07, 6.45) is 2.60. The molecule has 1 aliphatic rings. The number of methoxy groups -OCH3 is 3. The average Bonchev–Trinajstić information content (AvgIpc) is 1.80. The Labute approximate surface area is 511 Å². The minimum atomic E-state index is -0.277. The Morgan fingerprint density at radius 1 is 0.388 bits per heavy atom. The van der Waals surface area contributed by atoms with Crippen LogP contribution in [-0.4, -0.2) is 75.8 Å². The van der Waals surface area contributed by atoms with E-state index in [-0.39, 0.29) is 56.5 Å². The quantitative estimate of drug-likeness (QED) is 0.130. The first kappa shape index (κ1) is 66.1. The highest BCUT2D eigenvalue weighted by atomic mass is 16.5. The average molecular weight is 1160 g/mol. The number of phenolic OH excluding ortho intramolecular Hbond substituents is 2. The predicted molar refractivity (Wildman–Crippen MR) is 350 cm³/mol. The van der Waals surface area contributed by atoms with Gasteiger partial charge in [0.05, 0.1) is 34.5 Å². The van der Waals surface area contributed by atoms with Gasteiger partial charge in [-0.3, -0.25) is 9.69 Å². The van der Waals surface area contributed by atoms with Crippen molar-refractivity contribution in [2.24, 2.45) is 0 Å². The SMILES string of the molecule is CCOC(=O)CN(C)CCOc1c2cc(C(C)(C)C)cc1Cc1cc(C(C)(C)C)cc(c1OC)Cc1cc(C(C)(C)C)cc(c1O)Cc1cc(C(C)(C)C)cc(c1OC)Cc1cc(C(C)(C)C)cc(c1O)Cc1cc(C(C)(C)C)cc(c1OC)C2. The lowest BCUT2D eigenvalue weighted by Gasteiger charge is -2.28. The molecule has 12 bridgehead atoms. The summed E-state index contributed by atoms with van der Waals surface area (Å²) in [5, 5.41) is 25.8. The van der Waals surface area contributed by atoms with Crippen molar-refractivity contribution in [1.29, 1.82) is 0 Å². The molecule has 0 aliphatic heterocycles. The van der Waals surface area contributed by atoms with Gasteiger partial charge in [-0.2, -0.15) is 0 Å². The van der Waals surface area contributed by atoms with Crippen LogP contribution in [-0.2, 0) is 80.5 Å². The van der Waals surface area contributed by atoms with E-state index in [9.17, 15) is 15.0 Å². The van der Waals surface area contributed by atoms with E-state index in [4.69, 9.17) is 23.7 Å². The number of rotatable bonds is 10. The number of carbonyl (C=O) groups excluding carboxylic acids is 1. The molecule has 7 rings (SSSR count). The van der Waals surface area contributed by atoms with E-state index in [0.717, 1.165) is 123 Å². The van der Waals surface area contributed by atoms with Gasteiger partial charge in [-0.1, -0.05) is 197 Å². The van der Waals surface area contributed by atoms with Crippen LogP contribution in [0.2, 0.25) is 0 Å². The molecule has 6 aromatic carbocycles. The van der Waals surface area contributed by atoms with Crippen molar-refractivity contribution >= 4 is 5.97 Å². The molecule has 2 N–H and O–H groups in total. The van der Waals surface area contributed by atoms with E-state index in [0.29, 0.717) is 58.3 Å². The minimum Gasteiger partial charge on any atom is -0.507 e. The minimum absolute atomic E-state index is 0.142. The lowest BCUT2D eigenvalue weighted by atomic mass is 9.79. The van der Waals surface area contributed by atoms with Crippen LogP contribution in [0.5, 0.6) is 34.5 Å². The number of carbonyl (C=O) groups is 1. The summed E-state index contributed by atoms with van der Waals surface area (Å²) in [5.74, 6) is 3.26. The van der Waals surface area contributed by atoms with Crippen LogP contribution >= 0.6 is 0 Å². The smallest absolute Gasteiger partial charge is 0.320 e. The van der Waals surface area contributed by atoms with Crippen molar-refractivity contribution in [2.75, 3.05) is 54.7 Å². The number of fused-ring (bicyclic) bond motifs is 12. The zero-order chi connectivity index (χ0) is 63.1. The highest BCUT2D eigenvalue weighted by Crippen LogP contribution is 2.46. The zero-order valence-corrected chi connectivity index (χ0v) is 56.3. The monoisotopic (exact) mass is 1160 g/mol. The number of hydrogen-bond acceptors (Lipinski definition) is 9. The van der Waals surface area contributed by atoms with E-state index in [1.54, 1.807) is 21.3 Å². The van der Waals surface area contributed by atoms with E-state index in [1.165, 1.54) is 0 Å². The highest BCUT2D eigenvalue weighted by molar-refractivity contribution is 5.71. The first-order valence-electron chi connectivity index (χ1n) is 30.8. The van der Waals surface area contributed by atoms with Gasteiger partial charge in [0.15, 0.2) is 0 Å². The fraction of sp³-hybridized carbons (Fsp3) is 0.513. The van der Waals surface area contributed by atoms with Crippen LogP contribution in [0, 0.1) is 0 Å². The van der Waals surface area contributed by atoms with Crippen LogP contribution < -0.4 is 18.9 Å². The Balaban J connectivity index is 1.62. The number of benzene rings is 6. The number of esters is 1. The number of ether oxygens (including phenoxy) is 5. The first-order chi connectivity index (χ1) is 39.3. The largest absolute Gasteiger partial charge is 0.507 e. The maximum atomic E-state index is 12.9. The third-order valence-electron chi connectivity index (χ3n) is 17.0. The molecular weight excluding hydrogens is 1050 g/mol. The molecule has 0 unspecified atom stereocenters. The molecule has 0 spiro atoms. The Bertz CT molecular complexity index is 3220. The van der Waals surface area contributed by atoms with E-state index < -0.39 is 0 Å².